The summed E-state index contributed by atoms with van der Waals surface area (Å²) in [4.78, 5) is 6.39. The Bertz CT molecular complexity index is 790. The van der Waals surface area contributed by atoms with E-state index in [4.69, 9.17) is 17.3 Å². The van der Waals surface area contributed by atoms with Crippen molar-refractivity contribution in [3.8, 4) is 0 Å². The summed E-state index contributed by atoms with van der Waals surface area (Å²) in [5.41, 5.74) is 8.99. The molecule has 0 bridgehead atoms. The number of hydrogen-bond acceptors (Lipinski definition) is 5. The number of nitrogens with two attached hydrogens (primary N) is 1. The Morgan fingerprint density at radius 1 is 1.10 bits per heavy atom. The van der Waals surface area contributed by atoms with Gasteiger partial charge in [0.1, 0.15) is 5.52 Å². The smallest absolute Gasteiger partial charge is 0.245 e. The van der Waals surface area contributed by atoms with Crippen LogP contribution in [0.4, 0.5) is 11.6 Å². The first-order chi connectivity index (χ1) is 10.1. The minimum atomic E-state index is 0.548. The Morgan fingerprint density at radius 2 is 1.86 bits per heavy atom. The third-order valence-corrected chi connectivity index (χ3v) is 3.54. The summed E-state index contributed by atoms with van der Waals surface area (Å²) in [7, 11) is 1.89. The zero-order chi connectivity index (χ0) is 14.8. The monoisotopic (exact) mass is 299 g/mol. The summed E-state index contributed by atoms with van der Waals surface area (Å²) >= 11 is 6.18. The summed E-state index contributed by atoms with van der Waals surface area (Å²) in [6.45, 7) is 0.559. The van der Waals surface area contributed by atoms with Crippen LogP contribution >= 0.6 is 11.6 Å². The van der Waals surface area contributed by atoms with Crippen LogP contribution in [0.5, 0.6) is 0 Å². The third kappa shape index (κ3) is 2.87. The van der Waals surface area contributed by atoms with Crippen LogP contribution in [0.2, 0.25) is 5.02 Å². The molecule has 0 saturated heterocycles. The van der Waals surface area contributed by atoms with Crippen molar-refractivity contribution in [3.05, 3.63) is 53.1 Å². The Balaban J connectivity index is 1.89. The highest BCUT2D eigenvalue weighted by Crippen LogP contribution is 2.21. The van der Waals surface area contributed by atoms with Gasteiger partial charge < -0.3 is 10.6 Å². The quantitative estimate of drug-likeness (QED) is 0.753. The predicted octanol–water partition coefficient (Wildman–Crippen LogP) is 2.90. The van der Waals surface area contributed by atoms with Gasteiger partial charge in [-0.1, -0.05) is 23.7 Å². The summed E-state index contributed by atoms with van der Waals surface area (Å²) in [5.74, 6) is 0.548. The number of halogens is 1. The zero-order valence-corrected chi connectivity index (χ0v) is 12.2. The fourth-order valence-corrected chi connectivity index (χ4v) is 2.25. The van der Waals surface area contributed by atoms with E-state index in [1.165, 1.54) is 0 Å². The third-order valence-electron chi connectivity index (χ3n) is 3.17. The molecule has 6 heteroatoms. The molecule has 0 atom stereocenters. The molecule has 0 saturated carbocycles. The van der Waals surface area contributed by atoms with E-state index in [0.717, 1.165) is 16.6 Å². The van der Waals surface area contributed by atoms with Crippen LogP contribution in [0, 0.1) is 0 Å². The Kier molecular flexibility index (Phi) is 3.58. The van der Waals surface area contributed by atoms with Crippen molar-refractivity contribution in [3.63, 3.8) is 0 Å². The van der Waals surface area contributed by atoms with E-state index < -0.39 is 0 Å². The lowest BCUT2D eigenvalue weighted by molar-refractivity contribution is 0.845. The van der Waals surface area contributed by atoms with Crippen LogP contribution in [-0.4, -0.2) is 22.2 Å². The van der Waals surface area contributed by atoms with Gasteiger partial charge in [-0.15, -0.1) is 10.2 Å². The van der Waals surface area contributed by atoms with Gasteiger partial charge in [0.05, 0.1) is 5.52 Å². The van der Waals surface area contributed by atoms with Crippen molar-refractivity contribution in [2.45, 2.75) is 6.54 Å². The second-order valence-corrected chi connectivity index (χ2v) is 5.21. The van der Waals surface area contributed by atoms with Crippen molar-refractivity contribution in [2.24, 2.45) is 0 Å². The maximum absolute atomic E-state index is 6.18. The van der Waals surface area contributed by atoms with Crippen LogP contribution in [0.15, 0.2) is 42.5 Å². The molecule has 0 aliphatic heterocycles. The largest absolute Gasteiger partial charge is 0.399 e. The Hall–Kier alpha value is -2.40. The van der Waals surface area contributed by atoms with Gasteiger partial charge in [0.2, 0.25) is 5.95 Å². The maximum atomic E-state index is 6.18. The molecule has 2 N–H and O–H groups in total. The van der Waals surface area contributed by atoms with E-state index in [2.05, 4.69) is 15.2 Å². The number of para-hydroxylation sites is 1. The van der Waals surface area contributed by atoms with E-state index in [9.17, 15) is 0 Å². The van der Waals surface area contributed by atoms with Gasteiger partial charge in [-0.3, -0.25) is 0 Å². The number of fused-ring (bicyclic) bond motifs is 1. The van der Waals surface area contributed by atoms with Gasteiger partial charge in [0, 0.05) is 24.3 Å². The number of hydrogen-bond donors (Lipinski definition) is 1. The number of rotatable bonds is 3. The van der Waals surface area contributed by atoms with Gasteiger partial charge in [-0.25, -0.2) is 4.98 Å². The van der Waals surface area contributed by atoms with Crippen LogP contribution < -0.4 is 10.6 Å². The van der Waals surface area contributed by atoms with Crippen molar-refractivity contribution in [1.29, 1.82) is 0 Å². The fraction of sp³-hybridized carbons (Fsp3) is 0.133. The minimum Gasteiger partial charge on any atom is -0.399 e. The van der Waals surface area contributed by atoms with E-state index in [-0.39, 0.29) is 0 Å². The highest BCUT2D eigenvalue weighted by atomic mass is 35.5. The van der Waals surface area contributed by atoms with Gasteiger partial charge in [0.25, 0.3) is 0 Å². The van der Waals surface area contributed by atoms with E-state index in [1.54, 1.807) is 12.1 Å². The fourth-order valence-electron chi connectivity index (χ4n) is 2.08. The first-order valence-electron chi connectivity index (χ1n) is 6.48. The number of nitrogens with zero attached hydrogens (tertiary/aromatic N) is 4. The molecule has 0 radical (unpaired) electrons. The first kappa shape index (κ1) is 13.6. The molecule has 0 aliphatic rings. The Morgan fingerprint density at radius 3 is 2.67 bits per heavy atom. The SMILES string of the molecule is CN(Cc1cc(N)ccc1Cl)c1nnc2ccccc2n1. The predicted molar refractivity (Wildman–Crippen MR) is 85.3 cm³/mol. The van der Waals surface area contributed by atoms with Crippen molar-refractivity contribution >= 4 is 34.3 Å². The van der Waals surface area contributed by atoms with Crippen molar-refractivity contribution in [1.82, 2.24) is 15.2 Å². The molecular formula is C15H14ClN5. The van der Waals surface area contributed by atoms with E-state index in [0.29, 0.717) is 23.2 Å². The highest BCUT2D eigenvalue weighted by molar-refractivity contribution is 6.31. The summed E-state index contributed by atoms with van der Waals surface area (Å²) in [6, 6.07) is 13.1. The molecule has 106 valence electrons. The number of nitrogen functional groups attached to an aromatic ring is 1. The van der Waals surface area contributed by atoms with E-state index >= 15 is 0 Å². The summed E-state index contributed by atoms with van der Waals surface area (Å²) < 4.78 is 0. The van der Waals surface area contributed by atoms with Crippen LogP contribution in [-0.2, 0) is 6.54 Å². The van der Waals surface area contributed by atoms with Crippen LogP contribution in [0.1, 0.15) is 5.56 Å². The molecule has 3 rings (SSSR count). The average molecular weight is 300 g/mol. The topological polar surface area (TPSA) is 67.9 Å². The highest BCUT2D eigenvalue weighted by Gasteiger charge is 2.10. The summed E-state index contributed by atoms with van der Waals surface area (Å²) in [5, 5.41) is 8.99. The molecule has 1 heterocycles. The van der Waals surface area contributed by atoms with Crippen LogP contribution in [0.25, 0.3) is 11.0 Å². The second-order valence-electron chi connectivity index (χ2n) is 4.81. The number of aromatic nitrogens is 3. The molecule has 21 heavy (non-hydrogen) atoms. The van der Waals surface area contributed by atoms with Gasteiger partial charge in [-0.05, 0) is 35.9 Å². The van der Waals surface area contributed by atoms with Gasteiger partial charge >= 0.3 is 0 Å². The minimum absolute atomic E-state index is 0.548. The average Bonchev–Trinajstić information content (AvgIpc) is 2.50. The lowest BCUT2D eigenvalue weighted by Crippen LogP contribution is -2.20. The molecule has 0 amide bonds. The van der Waals surface area contributed by atoms with Gasteiger partial charge in [-0.2, -0.15) is 0 Å². The zero-order valence-electron chi connectivity index (χ0n) is 11.5. The standard InChI is InChI=1S/C15H14ClN5/c1-21(9-10-8-11(17)6-7-12(10)16)15-18-13-4-2-3-5-14(13)19-20-15/h2-8H,9,17H2,1H3. The molecule has 1 aromatic heterocycles. The molecule has 0 spiro atoms. The Labute approximate surface area is 127 Å². The lowest BCUT2D eigenvalue weighted by Gasteiger charge is -2.17. The molecule has 2 aromatic carbocycles. The van der Waals surface area contributed by atoms with Crippen molar-refractivity contribution < 1.29 is 0 Å². The molecule has 5 nitrogen and oxygen atoms in total. The normalized spacial score (nSPS) is 10.8. The van der Waals surface area contributed by atoms with Gasteiger partial charge in [0.15, 0.2) is 0 Å². The lowest BCUT2D eigenvalue weighted by atomic mass is 10.2. The molecule has 3 aromatic rings. The maximum Gasteiger partial charge on any atom is 0.245 e. The number of benzene rings is 2. The van der Waals surface area contributed by atoms with Crippen molar-refractivity contribution in [2.75, 3.05) is 17.7 Å². The van der Waals surface area contributed by atoms with E-state index in [1.807, 2.05) is 42.3 Å². The molecule has 0 aliphatic carbocycles. The first-order valence-corrected chi connectivity index (χ1v) is 6.86. The summed E-state index contributed by atoms with van der Waals surface area (Å²) in [6.07, 6.45) is 0. The molecule has 0 unspecified atom stereocenters. The number of anilines is 2. The molecule has 0 fully saturated rings. The molecular weight excluding hydrogens is 286 g/mol. The second kappa shape index (κ2) is 5.54. The van der Waals surface area contributed by atoms with Crippen LogP contribution in [0.3, 0.4) is 0 Å².